The molecule has 4 nitrogen and oxygen atoms in total. The summed E-state index contributed by atoms with van der Waals surface area (Å²) in [6, 6.07) is 0. The Morgan fingerprint density at radius 1 is 1.06 bits per heavy atom. The van der Waals surface area contributed by atoms with Crippen molar-refractivity contribution < 1.29 is 19.1 Å². The van der Waals surface area contributed by atoms with Crippen molar-refractivity contribution in [1.29, 1.82) is 0 Å². The molecule has 0 heterocycles. The van der Waals surface area contributed by atoms with Crippen LogP contribution in [-0.4, -0.2) is 25.2 Å². The Morgan fingerprint density at radius 2 is 1.47 bits per heavy atom. The monoisotopic (exact) mass is 242 g/mol. The van der Waals surface area contributed by atoms with Crippen LogP contribution in [0, 0.1) is 5.92 Å². The molecule has 0 radical (unpaired) electrons. The SMILES string of the molecule is C/C=C(\C)C(C(=O)OCCC)C(=O)OCCC. The second-order valence-corrected chi connectivity index (χ2v) is 3.80. The van der Waals surface area contributed by atoms with Crippen molar-refractivity contribution >= 4 is 11.9 Å². The second kappa shape index (κ2) is 8.79. The van der Waals surface area contributed by atoms with E-state index in [2.05, 4.69) is 0 Å². The van der Waals surface area contributed by atoms with Gasteiger partial charge in [-0.1, -0.05) is 25.5 Å². The standard InChI is InChI=1S/C13H22O4/c1-5-8-16-12(14)11(10(4)7-3)13(15)17-9-6-2/h7,11H,5-6,8-9H2,1-4H3/b10-7+. The Morgan fingerprint density at radius 3 is 1.76 bits per heavy atom. The van der Waals surface area contributed by atoms with Gasteiger partial charge in [0.05, 0.1) is 13.2 Å². The van der Waals surface area contributed by atoms with Gasteiger partial charge in [0, 0.05) is 0 Å². The van der Waals surface area contributed by atoms with E-state index in [1.165, 1.54) is 0 Å². The third kappa shape index (κ3) is 5.52. The Labute approximate surface area is 103 Å². The van der Waals surface area contributed by atoms with Crippen LogP contribution in [0.2, 0.25) is 0 Å². The Kier molecular flexibility index (Phi) is 8.11. The highest BCUT2D eigenvalue weighted by Gasteiger charge is 2.30. The Hall–Kier alpha value is -1.32. The van der Waals surface area contributed by atoms with E-state index in [1.807, 2.05) is 13.8 Å². The normalized spacial score (nSPS) is 11.5. The lowest BCUT2D eigenvalue weighted by atomic mass is 10.0. The van der Waals surface area contributed by atoms with Gasteiger partial charge in [0.1, 0.15) is 0 Å². The molecule has 0 aromatic heterocycles. The molecule has 0 aliphatic carbocycles. The van der Waals surface area contributed by atoms with Crippen LogP contribution in [0.4, 0.5) is 0 Å². The molecule has 0 unspecified atom stereocenters. The predicted molar refractivity (Wildman–Crippen MR) is 65.4 cm³/mol. The van der Waals surface area contributed by atoms with E-state index in [9.17, 15) is 9.59 Å². The number of carbonyl (C=O) groups is 2. The average molecular weight is 242 g/mol. The van der Waals surface area contributed by atoms with Gasteiger partial charge in [-0.25, -0.2) is 0 Å². The predicted octanol–water partition coefficient (Wildman–Crippen LogP) is 2.48. The van der Waals surface area contributed by atoms with Gasteiger partial charge in [-0.05, 0) is 26.7 Å². The molecule has 4 heteroatoms. The van der Waals surface area contributed by atoms with E-state index >= 15 is 0 Å². The highest BCUT2D eigenvalue weighted by molar-refractivity contribution is 5.98. The number of allylic oxidation sites excluding steroid dienone is 1. The van der Waals surface area contributed by atoms with Crippen LogP contribution in [0.5, 0.6) is 0 Å². The van der Waals surface area contributed by atoms with Crippen molar-refractivity contribution in [2.75, 3.05) is 13.2 Å². The molecule has 0 aliphatic rings. The van der Waals surface area contributed by atoms with Crippen LogP contribution in [-0.2, 0) is 19.1 Å². The first-order valence-corrected chi connectivity index (χ1v) is 6.04. The van der Waals surface area contributed by atoms with Crippen LogP contribution in [0.25, 0.3) is 0 Å². The van der Waals surface area contributed by atoms with Gasteiger partial charge < -0.3 is 9.47 Å². The number of hydrogen-bond donors (Lipinski definition) is 0. The third-order valence-corrected chi connectivity index (χ3v) is 2.28. The highest BCUT2D eigenvalue weighted by Crippen LogP contribution is 2.15. The van der Waals surface area contributed by atoms with E-state index in [1.54, 1.807) is 19.9 Å². The van der Waals surface area contributed by atoms with Crippen molar-refractivity contribution in [2.24, 2.45) is 5.92 Å². The van der Waals surface area contributed by atoms with E-state index in [0.717, 1.165) is 12.8 Å². The smallest absolute Gasteiger partial charge is 0.324 e. The first kappa shape index (κ1) is 15.7. The zero-order valence-corrected chi connectivity index (χ0v) is 11.1. The van der Waals surface area contributed by atoms with Crippen molar-refractivity contribution in [1.82, 2.24) is 0 Å². The molecule has 98 valence electrons. The first-order valence-electron chi connectivity index (χ1n) is 6.04. The maximum absolute atomic E-state index is 11.7. The number of hydrogen-bond acceptors (Lipinski definition) is 4. The maximum atomic E-state index is 11.7. The molecule has 0 amide bonds. The fourth-order valence-electron chi connectivity index (χ4n) is 1.21. The summed E-state index contributed by atoms with van der Waals surface area (Å²) in [6.07, 6.45) is 3.19. The summed E-state index contributed by atoms with van der Waals surface area (Å²) < 4.78 is 9.99. The van der Waals surface area contributed by atoms with Crippen LogP contribution in [0.15, 0.2) is 11.6 Å². The lowest BCUT2D eigenvalue weighted by Crippen LogP contribution is -2.29. The molecule has 0 atom stereocenters. The van der Waals surface area contributed by atoms with Crippen LogP contribution < -0.4 is 0 Å². The minimum absolute atomic E-state index is 0.327. The lowest BCUT2D eigenvalue weighted by Gasteiger charge is -2.15. The molecule has 17 heavy (non-hydrogen) atoms. The lowest BCUT2D eigenvalue weighted by molar-refractivity contribution is -0.160. The highest BCUT2D eigenvalue weighted by atomic mass is 16.6. The number of carbonyl (C=O) groups excluding carboxylic acids is 2. The van der Waals surface area contributed by atoms with Gasteiger partial charge in [0.15, 0.2) is 5.92 Å². The number of esters is 2. The van der Waals surface area contributed by atoms with Gasteiger partial charge in [0.25, 0.3) is 0 Å². The molecular formula is C13H22O4. The van der Waals surface area contributed by atoms with E-state index < -0.39 is 17.9 Å². The molecule has 0 saturated carbocycles. The minimum atomic E-state index is -0.918. The first-order chi connectivity index (χ1) is 8.08. The Bertz CT molecular complexity index is 261. The fraction of sp³-hybridized carbons (Fsp3) is 0.692. The molecule has 0 aromatic carbocycles. The van der Waals surface area contributed by atoms with Gasteiger partial charge in [-0.3, -0.25) is 9.59 Å². The summed E-state index contributed by atoms with van der Waals surface area (Å²) in [5.74, 6) is -1.97. The topological polar surface area (TPSA) is 52.6 Å². The second-order valence-electron chi connectivity index (χ2n) is 3.80. The summed E-state index contributed by atoms with van der Waals surface area (Å²) in [7, 11) is 0. The molecule has 0 spiro atoms. The fourth-order valence-corrected chi connectivity index (χ4v) is 1.21. The molecule has 0 fully saturated rings. The summed E-state index contributed by atoms with van der Waals surface area (Å²) in [6.45, 7) is 7.97. The van der Waals surface area contributed by atoms with Gasteiger partial charge in [-0.15, -0.1) is 0 Å². The Balaban J connectivity index is 4.64. The summed E-state index contributed by atoms with van der Waals surface area (Å²) >= 11 is 0. The number of rotatable bonds is 7. The zero-order chi connectivity index (χ0) is 13.3. The summed E-state index contributed by atoms with van der Waals surface area (Å²) in [4.78, 5) is 23.5. The third-order valence-electron chi connectivity index (χ3n) is 2.28. The molecular weight excluding hydrogens is 220 g/mol. The number of ether oxygens (including phenoxy) is 2. The largest absolute Gasteiger partial charge is 0.465 e. The van der Waals surface area contributed by atoms with Crippen molar-refractivity contribution in [3.8, 4) is 0 Å². The van der Waals surface area contributed by atoms with Gasteiger partial charge in [-0.2, -0.15) is 0 Å². The molecule has 0 aromatic rings. The van der Waals surface area contributed by atoms with Crippen LogP contribution >= 0.6 is 0 Å². The van der Waals surface area contributed by atoms with E-state index in [0.29, 0.717) is 18.8 Å². The molecule has 0 saturated heterocycles. The van der Waals surface area contributed by atoms with Crippen molar-refractivity contribution in [3.05, 3.63) is 11.6 Å². The molecule has 0 aliphatic heterocycles. The van der Waals surface area contributed by atoms with Gasteiger partial charge >= 0.3 is 11.9 Å². The summed E-state index contributed by atoms with van der Waals surface area (Å²) in [5, 5.41) is 0. The molecule has 0 N–H and O–H groups in total. The van der Waals surface area contributed by atoms with Crippen molar-refractivity contribution in [3.63, 3.8) is 0 Å². The van der Waals surface area contributed by atoms with E-state index in [-0.39, 0.29) is 0 Å². The maximum Gasteiger partial charge on any atom is 0.324 e. The van der Waals surface area contributed by atoms with E-state index in [4.69, 9.17) is 9.47 Å². The van der Waals surface area contributed by atoms with Crippen LogP contribution in [0.1, 0.15) is 40.5 Å². The quantitative estimate of drug-likeness (QED) is 0.391. The molecule has 0 bridgehead atoms. The van der Waals surface area contributed by atoms with Crippen molar-refractivity contribution in [2.45, 2.75) is 40.5 Å². The minimum Gasteiger partial charge on any atom is -0.465 e. The van der Waals surface area contributed by atoms with Crippen LogP contribution in [0.3, 0.4) is 0 Å². The molecule has 0 rings (SSSR count). The zero-order valence-electron chi connectivity index (χ0n) is 11.1. The summed E-state index contributed by atoms with van der Waals surface area (Å²) in [5.41, 5.74) is 0.659. The van der Waals surface area contributed by atoms with Gasteiger partial charge in [0.2, 0.25) is 0 Å². The average Bonchev–Trinajstić information content (AvgIpc) is 2.33.